The smallest absolute Gasteiger partial charge is 0.273 e. The first-order valence-corrected chi connectivity index (χ1v) is 9.71. The summed E-state index contributed by atoms with van der Waals surface area (Å²) < 4.78 is 20.3. The summed E-state index contributed by atoms with van der Waals surface area (Å²) in [6.45, 7) is 0. The number of benzene rings is 3. The minimum atomic E-state index is -0.679. The third-order valence-corrected chi connectivity index (χ3v) is 4.73. The van der Waals surface area contributed by atoms with Gasteiger partial charge in [0.1, 0.15) is 5.69 Å². The molecule has 1 heterocycles. The second kappa shape index (κ2) is 9.13. The first-order valence-electron chi connectivity index (χ1n) is 9.71. The normalized spacial score (nSPS) is 10.4. The number of nitrogens with zero attached hydrogens (tertiary/aromatic N) is 2. The van der Waals surface area contributed by atoms with Crippen molar-refractivity contribution >= 4 is 11.8 Å². The molecule has 4 aromatic rings. The third kappa shape index (κ3) is 4.34. The SMILES string of the molecule is COc1ccc(C(=O)NNC(=O)c2cn(-c3ccccc3)nc2-c2ccccc2)cc1F. The van der Waals surface area contributed by atoms with E-state index in [0.29, 0.717) is 5.69 Å². The van der Waals surface area contributed by atoms with Crippen molar-refractivity contribution < 1.29 is 18.7 Å². The average Bonchev–Trinajstić information content (AvgIpc) is 3.29. The molecule has 32 heavy (non-hydrogen) atoms. The van der Waals surface area contributed by atoms with Gasteiger partial charge in [-0.15, -0.1) is 0 Å². The van der Waals surface area contributed by atoms with Gasteiger partial charge in [-0.1, -0.05) is 48.5 Å². The highest BCUT2D eigenvalue weighted by Gasteiger charge is 2.19. The van der Waals surface area contributed by atoms with Gasteiger partial charge >= 0.3 is 0 Å². The number of carbonyl (C=O) groups is 2. The van der Waals surface area contributed by atoms with E-state index in [1.54, 1.807) is 10.9 Å². The van der Waals surface area contributed by atoms with Crippen LogP contribution < -0.4 is 15.6 Å². The fraction of sp³-hybridized carbons (Fsp3) is 0.0417. The zero-order valence-corrected chi connectivity index (χ0v) is 17.1. The highest BCUT2D eigenvalue weighted by molar-refractivity contribution is 6.02. The van der Waals surface area contributed by atoms with Crippen LogP contribution in [0.1, 0.15) is 20.7 Å². The van der Waals surface area contributed by atoms with Crippen LogP contribution in [0.4, 0.5) is 4.39 Å². The Kier molecular flexibility index (Phi) is 5.94. The Morgan fingerprint density at radius 2 is 1.56 bits per heavy atom. The summed E-state index contributed by atoms with van der Waals surface area (Å²) in [6.07, 6.45) is 1.59. The Labute approximate surface area is 183 Å². The van der Waals surface area contributed by atoms with Crippen LogP contribution in [0, 0.1) is 5.82 Å². The van der Waals surface area contributed by atoms with Gasteiger partial charge in [0.15, 0.2) is 11.6 Å². The number of halogens is 1. The predicted octanol–water partition coefficient (Wildman–Crippen LogP) is 3.76. The van der Waals surface area contributed by atoms with Gasteiger partial charge in [0.2, 0.25) is 0 Å². The molecule has 2 N–H and O–H groups in total. The number of para-hydroxylation sites is 1. The zero-order chi connectivity index (χ0) is 22.5. The molecule has 0 aliphatic heterocycles. The van der Waals surface area contributed by atoms with Gasteiger partial charge < -0.3 is 4.74 Å². The predicted molar refractivity (Wildman–Crippen MR) is 117 cm³/mol. The van der Waals surface area contributed by atoms with Crippen molar-refractivity contribution in [2.45, 2.75) is 0 Å². The number of hydrogen-bond donors (Lipinski definition) is 2. The van der Waals surface area contributed by atoms with Crippen molar-refractivity contribution in [1.29, 1.82) is 0 Å². The molecule has 0 unspecified atom stereocenters. The number of rotatable bonds is 5. The van der Waals surface area contributed by atoms with Crippen LogP contribution in [0.25, 0.3) is 16.9 Å². The Morgan fingerprint density at radius 3 is 2.22 bits per heavy atom. The number of ether oxygens (including phenoxy) is 1. The molecule has 2 amide bonds. The Bertz CT molecular complexity index is 1260. The van der Waals surface area contributed by atoms with Crippen molar-refractivity contribution in [3.05, 3.63) is 102 Å². The number of hydrazine groups is 1. The number of hydrogen-bond acceptors (Lipinski definition) is 4. The standard InChI is InChI=1S/C24H19FN4O3/c1-32-21-13-12-17(14-20(21)25)23(30)26-27-24(31)19-15-29(18-10-6-3-7-11-18)28-22(19)16-8-4-2-5-9-16/h2-15H,1H3,(H,26,30)(H,27,31). The molecule has 0 radical (unpaired) electrons. The molecule has 0 aliphatic rings. The monoisotopic (exact) mass is 430 g/mol. The van der Waals surface area contributed by atoms with Crippen LogP contribution in [-0.2, 0) is 0 Å². The van der Waals surface area contributed by atoms with Gasteiger partial charge in [-0.05, 0) is 30.3 Å². The second-order valence-corrected chi connectivity index (χ2v) is 6.80. The number of methoxy groups -OCH3 is 1. The van der Waals surface area contributed by atoms with E-state index in [-0.39, 0.29) is 16.9 Å². The van der Waals surface area contributed by atoms with Gasteiger partial charge in [0.05, 0.1) is 18.4 Å². The molecule has 0 saturated carbocycles. The fourth-order valence-corrected chi connectivity index (χ4v) is 3.12. The lowest BCUT2D eigenvalue weighted by atomic mass is 10.1. The van der Waals surface area contributed by atoms with Crippen LogP contribution in [0.15, 0.2) is 85.1 Å². The van der Waals surface area contributed by atoms with Crippen molar-refractivity contribution in [1.82, 2.24) is 20.6 Å². The number of amides is 2. The summed E-state index contributed by atoms with van der Waals surface area (Å²) >= 11 is 0. The van der Waals surface area contributed by atoms with Crippen molar-refractivity contribution in [3.8, 4) is 22.7 Å². The quantitative estimate of drug-likeness (QED) is 0.472. The highest BCUT2D eigenvalue weighted by atomic mass is 19.1. The molecule has 0 fully saturated rings. The molecule has 7 nitrogen and oxygen atoms in total. The van der Waals surface area contributed by atoms with Gasteiger partial charge in [0.25, 0.3) is 11.8 Å². The summed E-state index contributed by atoms with van der Waals surface area (Å²) in [5, 5.41) is 4.57. The van der Waals surface area contributed by atoms with Crippen LogP contribution in [-0.4, -0.2) is 28.7 Å². The molecular weight excluding hydrogens is 411 g/mol. The Hall–Kier alpha value is -4.46. The summed E-state index contributed by atoms with van der Waals surface area (Å²) in [5.41, 5.74) is 6.96. The Morgan fingerprint density at radius 1 is 0.906 bits per heavy atom. The van der Waals surface area contributed by atoms with Crippen molar-refractivity contribution in [2.24, 2.45) is 0 Å². The van der Waals surface area contributed by atoms with E-state index in [4.69, 9.17) is 4.74 Å². The summed E-state index contributed by atoms with van der Waals surface area (Å²) in [4.78, 5) is 25.3. The van der Waals surface area contributed by atoms with Gasteiger partial charge in [-0.3, -0.25) is 20.4 Å². The number of nitrogens with one attached hydrogen (secondary N) is 2. The zero-order valence-electron chi connectivity index (χ0n) is 17.1. The van der Waals surface area contributed by atoms with Gasteiger partial charge in [-0.2, -0.15) is 5.10 Å². The molecule has 0 spiro atoms. The summed E-state index contributed by atoms with van der Waals surface area (Å²) in [7, 11) is 1.33. The molecule has 0 atom stereocenters. The topological polar surface area (TPSA) is 85.3 Å². The van der Waals surface area contributed by atoms with Crippen LogP contribution in [0.5, 0.6) is 5.75 Å². The van der Waals surface area contributed by atoms with E-state index in [1.165, 1.54) is 19.2 Å². The maximum Gasteiger partial charge on any atom is 0.273 e. The third-order valence-electron chi connectivity index (χ3n) is 4.73. The summed E-state index contributed by atoms with van der Waals surface area (Å²) in [5.74, 6) is -1.89. The molecule has 4 rings (SSSR count). The maximum absolute atomic E-state index is 13.9. The minimum Gasteiger partial charge on any atom is -0.494 e. The fourth-order valence-electron chi connectivity index (χ4n) is 3.12. The van der Waals surface area contributed by atoms with E-state index in [2.05, 4.69) is 16.0 Å². The van der Waals surface area contributed by atoms with Gasteiger partial charge in [-0.25, -0.2) is 9.07 Å². The maximum atomic E-state index is 13.9. The second-order valence-electron chi connectivity index (χ2n) is 6.80. The van der Waals surface area contributed by atoms with Crippen molar-refractivity contribution in [2.75, 3.05) is 7.11 Å². The lowest BCUT2D eigenvalue weighted by Crippen LogP contribution is -2.41. The van der Waals surface area contributed by atoms with E-state index in [1.807, 2.05) is 60.7 Å². The molecule has 0 saturated heterocycles. The summed E-state index contributed by atoms with van der Waals surface area (Å²) in [6, 6.07) is 22.4. The van der Waals surface area contributed by atoms with E-state index >= 15 is 0 Å². The molecule has 0 bridgehead atoms. The van der Waals surface area contributed by atoms with Crippen LogP contribution >= 0.6 is 0 Å². The molecule has 3 aromatic carbocycles. The first kappa shape index (κ1) is 20.8. The molecule has 1 aromatic heterocycles. The van der Waals surface area contributed by atoms with E-state index in [9.17, 15) is 14.0 Å². The number of aromatic nitrogens is 2. The van der Waals surface area contributed by atoms with Gasteiger partial charge in [0, 0.05) is 17.3 Å². The van der Waals surface area contributed by atoms with Crippen LogP contribution in [0.2, 0.25) is 0 Å². The minimum absolute atomic E-state index is 0.0198. The highest BCUT2D eigenvalue weighted by Crippen LogP contribution is 2.23. The molecular formula is C24H19FN4O3. The first-order chi connectivity index (χ1) is 15.6. The number of carbonyl (C=O) groups excluding carboxylic acids is 2. The average molecular weight is 430 g/mol. The largest absolute Gasteiger partial charge is 0.494 e. The Balaban J connectivity index is 1.58. The lowest BCUT2D eigenvalue weighted by molar-refractivity contribution is 0.0846. The van der Waals surface area contributed by atoms with Crippen LogP contribution in [0.3, 0.4) is 0 Å². The van der Waals surface area contributed by atoms with Crippen molar-refractivity contribution in [3.63, 3.8) is 0 Å². The lowest BCUT2D eigenvalue weighted by Gasteiger charge is -2.08. The molecule has 8 heteroatoms. The molecule has 160 valence electrons. The molecule has 0 aliphatic carbocycles. The van der Waals surface area contributed by atoms with E-state index in [0.717, 1.165) is 17.3 Å². The van der Waals surface area contributed by atoms with E-state index < -0.39 is 17.6 Å².